The summed E-state index contributed by atoms with van der Waals surface area (Å²) in [4.78, 5) is 13.5. The molecule has 4 heteroatoms. The van der Waals surface area contributed by atoms with E-state index >= 15 is 0 Å². The Labute approximate surface area is 144 Å². The monoisotopic (exact) mass is 335 g/mol. The molecule has 0 saturated carbocycles. The van der Waals surface area contributed by atoms with Crippen molar-refractivity contribution in [3.05, 3.63) is 29.3 Å². The van der Waals surface area contributed by atoms with Gasteiger partial charge in [-0.25, -0.2) is 0 Å². The highest BCUT2D eigenvalue weighted by Gasteiger charge is 2.34. The van der Waals surface area contributed by atoms with E-state index in [0.29, 0.717) is 6.04 Å². The molecule has 0 amide bonds. The number of esters is 1. The van der Waals surface area contributed by atoms with Gasteiger partial charge in [-0.3, -0.25) is 4.79 Å². The molecular formula is C19H29NO2S. The molecule has 2 rings (SSSR count). The molecule has 0 aromatic heterocycles. The van der Waals surface area contributed by atoms with Gasteiger partial charge in [0.05, 0.1) is 0 Å². The van der Waals surface area contributed by atoms with E-state index in [1.165, 1.54) is 11.1 Å². The molecule has 0 radical (unpaired) electrons. The standard InChI is InChI=1S/C19H29NO2S/c1-7-20-15-10-13-8-9-16(12-14(13)11-15)23-19(5,6)17(21)22-18(2,3)4/h8-9,12,15,20H,7,10-11H2,1-6H3. The summed E-state index contributed by atoms with van der Waals surface area (Å²) >= 11 is 1.58. The molecule has 0 saturated heterocycles. The van der Waals surface area contributed by atoms with Gasteiger partial charge in [0.1, 0.15) is 10.3 Å². The van der Waals surface area contributed by atoms with Crippen LogP contribution in [0.2, 0.25) is 0 Å². The number of carbonyl (C=O) groups is 1. The van der Waals surface area contributed by atoms with Crippen LogP contribution in [0.1, 0.15) is 52.7 Å². The molecule has 0 bridgehead atoms. The second-order valence-corrected chi connectivity index (χ2v) is 9.40. The van der Waals surface area contributed by atoms with E-state index < -0.39 is 10.3 Å². The summed E-state index contributed by atoms with van der Waals surface area (Å²) in [5.41, 5.74) is 2.38. The highest BCUT2D eigenvalue weighted by molar-refractivity contribution is 8.01. The van der Waals surface area contributed by atoms with Crippen molar-refractivity contribution in [2.24, 2.45) is 0 Å². The third-order valence-electron chi connectivity index (χ3n) is 3.87. The molecule has 1 aliphatic rings. The van der Waals surface area contributed by atoms with Gasteiger partial charge in [0.15, 0.2) is 0 Å². The van der Waals surface area contributed by atoms with Crippen LogP contribution in [0.5, 0.6) is 0 Å². The lowest BCUT2D eigenvalue weighted by Crippen LogP contribution is -2.36. The van der Waals surface area contributed by atoms with E-state index in [4.69, 9.17) is 4.74 Å². The minimum Gasteiger partial charge on any atom is -0.459 e. The van der Waals surface area contributed by atoms with Gasteiger partial charge in [0, 0.05) is 10.9 Å². The molecule has 128 valence electrons. The third kappa shape index (κ3) is 4.98. The van der Waals surface area contributed by atoms with Gasteiger partial charge in [0.2, 0.25) is 0 Å². The van der Waals surface area contributed by atoms with Gasteiger partial charge in [-0.05, 0) is 77.3 Å². The van der Waals surface area contributed by atoms with Crippen molar-refractivity contribution in [3.8, 4) is 0 Å². The molecule has 1 aromatic rings. The van der Waals surface area contributed by atoms with Crippen molar-refractivity contribution in [1.82, 2.24) is 5.32 Å². The van der Waals surface area contributed by atoms with E-state index in [-0.39, 0.29) is 5.97 Å². The summed E-state index contributed by atoms with van der Waals surface area (Å²) < 4.78 is 4.95. The van der Waals surface area contributed by atoms with Crippen LogP contribution in [0.15, 0.2) is 23.1 Å². The van der Waals surface area contributed by atoms with Crippen molar-refractivity contribution in [2.75, 3.05) is 6.54 Å². The second kappa shape index (κ2) is 6.86. The lowest BCUT2D eigenvalue weighted by Gasteiger charge is -2.28. The van der Waals surface area contributed by atoms with E-state index in [1.54, 1.807) is 11.8 Å². The molecule has 1 atom stereocenters. The number of thioether (sulfide) groups is 1. The molecule has 0 fully saturated rings. The first-order chi connectivity index (χ1) is 10.6. The maximum absolute atomic E-state index is 12.4. The number of benzene rings is 1. The quantitative estimate of drug-likeness (QED) is 0.652. The average Bonchev–Trinajstić information content (AvgIpc) is 2.78. The van der Waals surface area contributed by atoms with Crippen LogP contribution in [0, 0.1) is 0 Å². The van der Waals surface area contributed by atoms with Crippen LogP contribution in [0.3, 0.4) is 0 Å². The summed E-state index contributed by atoms with van der Waals surface area (Å²) in [6.07, 6.45) is 2.17. The third-order valence-corrected chi connectivity index (χ3v) is 5.03. The zero-order chi connectivity index (χ0) is 17.3. The normalized spacial score (nSPS) is 17.9. The Morgan fingerprint density at radius 3 is 2.48 bits per heavy atom. The van der Waals surface area contributed by atoms with Crippen LogP contribution < -0.4 is 5.32 Å². The number of fused-ring (bicyclic) bond motifs is 1. The molecule has 1 unspecified atom stereocenters. The van der Waals surface area contributed by atoms with Gasteiger partial charge in [0.25, 0.3) is 0 Å². The summed E-state index contributed by atoms with van der Waals surface area (Å²) in [7, 11) is 0. The maximum Gasteiger partial charge on any atom is 0.322 e. The topological polar surface area (TPSA) is 38.3 Å². The van der Waals surface area contributed by atoms with Crippen LogP contribution in [0.4, 0.5) is 0 Å². The minimum absolute atomic E-state index is 0.166. The summed E-state index contributed by atoms with van der Waals surface area (Å²) in [6, 6.07) is 7.13. The van der Waals surface area contributed by atoms with E-state index in [1.807, 2.05) is 34.6 Å². The first-order valence-corrected chi connectivity index (χ1v) is 9.20. The number of ether oxygens (including phenoxy) is 1. The Balaban J connectivity index is 2.07. The van der Waals surface area contributed by atoms with Crippen molar-refractivity contribution in [3.63, 3.8) is 0 Å². The summed E-state index contributed by atoms with van der Waals surface area (Å²) in [5.74, 6) is -0.166. The van der Waals surface area contributed by atoms with E-state index in [9.17, 15) is 4.79 Å². The highest BCUT2D eigenvalue weighted by atomic mass is 32.2. The fourth-order valence-corrected chi connectivity index (χ4v) is 3.88. The lowest BCUT2D eigenvalue weighted by molar-refractivity contribution is -0.156. The number of nitrogens with one attached hydrogen (secondary N) is 1. The molecule has 1 N–H and O–H groups in total. The number of hydrogen-bond donors (Lipinski definition) is 1. The van der Waals surface area contributed by atoms with Crippen molar-refractivity contribution >= 4 is 17.7 Å². The molecule has 23 heavy (non-hydrogen) atoms. The van der Waals surface area contributed by atoms with Crippen molar-refractivity contribution in [1.29, 1.82) is 0 Å². The largest absolute Gasteiger partial charge is 0.459 e. The molecule has 3 nitrogen and oxygen atoms in total. The molecule has 0 spiro atoms. The molecular weight excluding hydrogens is 306 g/mol. The number of rotatable bonds is 5. The Morgan fingerprint density at radius 1 is 1.22 bits per heavy atom. The Kier molecular flexibility index (Phi) is 5.47. The van der Waals surface area contributed by atoms with Gasteiger partial charge >= 0.3 is 5.97 Å². The maximum atomic E-state index is 12.4. The lowest BCUT2D eigenvalue weighted by atomic mass is 10.1. The van der Waals surface area contributed by atoms with E-state index in [0.717, 1.165) is 24.3 Å². The molecule has 1 aromatic carbocycles. The fraction of sp³-hybridized carbons (Fsp3) is 0.632. The number of hydrogen-bond acceptors (Lipinski definition) is 4. The van der Waals surface area contributed by atoms with Crippen molar-refractivity contribution in [2.45, 2.75) is 75.7 Å². The van der Waals surface area contributed by atoms with Crippen LogP contribution in [0.25, 0.3) is 0 Å². The van der Waals surface area contributed by atoms with Crippen molar-refractivity contribution < 1.29 is 9.53 Å². The Morgan fingerprint density at radius 2 is 1.87 bits per heavy atom. The van der Waals surface area contributed by atoms with Crippen LogP contribution in [-0.4, -0.2) is 28.9 Å². The number of likely N-dealkylation sites (N-methyl/N-ethyl adjacent to an activating group) is 1. The highest BCUT2D eigenvalue weighted by Crippen LogP contribution is 2.36. The predicted molar refractivity (Wildman–Crippen MR) is 97.1 cm³/mol. The second-order valence-electron chi connectivity index (χ2n) is 7.71. The summed E-state index contributed by atoms with van der Waals surface area (Å²) in [6.45, 7) is 12.7. The van der Waals surface area contributed by atoms with Crippen LogP contribution in [-0.2, 0) is 22.4 Å². The molecule has 1 aliphatic carbocycles. The Bertz CT molecular complexity index is 575. The molecule has 0 heterocycles. The predicted octanol–water partition coefficient (Wildman–Crippen LogP) is 3.98. The fourth-order valence-electron chi connectivity index (χ4n) is 2.83. The van der Waals surface area contributed by atoms with Crippen LogP contribution >= 0.6 is 11.8 Å². The SMILES string of the molecule is CCNC1Cc2ccc(SC(C)(C)C(=O)OC(C)(C)C)cc2C1. The minimum atomic E-state index is -0.596. The zero-order valence-electron chi connectivity index (χ0n) is 15.2. The first-order valence-electron chi connectivity index (χ1n) is 8.38. The number of carbonyl (C=O) groups excluding carboxylic acids is 1. The molecule has 0 aliphatic heterocycles. The van der Waals surface area contributed by atoms with Gasteiger partial charge in [-0.2, -0.15) is 0 Å². The van der Waals surface area contributed by atoms with E-state index in [2.05, 4.69) is 30.4 Å². The average molecular weight is 336 g/mol. The summed E-state index contributed by atoms with van der Waals surface area (Å²) in [5, 5.41) is 3.52. The zero-order valence-corrected chi connectivity index (χ0v) is 16.0. The van der Waals surface area contributed by atoms with Gasteiger partial charge < -0.3 is 10.1 Å². The van der Waals surface area contributed by atoms with Gasteiger partial charge in [-0.15, -0.1) is 11.8 Å². The smallest absolute Gasteiger partial charge is 0.322 e. The first kappa shape index (κ1) is 18.3. The Hall–Kier alpha value is -1.00. The van der Waals surface area contributed by atoms with Gasteiger partial charge in [-0.1, -0.05) is 13.0 Å².